The molecule has 0 aliphatic rings. The van der Waals surface area contributed by atoms with Crippen LogP contribution in [0.25, 0.3) is 0 Å². The third kappa shape index (κ3) is 82.7. The maximum Gasteiger partial charge on any atom is -0.00271 e. The van der Waals surface area contributed by atoms with Crippen molar-refractivity contribution >= 4 is 0 Å². The summed E-state index contributed by atoms with van der Waals surface area (Å²) in [6.07, 6.45) is 0. The third-order valence-electron chi connectivity index (χ3n) is 0.250. The minimum atomic E-state index is 1.50. The van der Waals surface area contributed by atoms with Crippen molar-refractivity contribution in [2.24, 2.45) is 5.73 Å². The standard InChI is InChI=1S/C4H6.CH5N/c1-3-4-2;1-2/h1-2H3;2H2,1H3. The Kier molecular flexibility index (Phi) is 36.8. The Morgan fingerprint density at radius 1 is 1.00 bits per heavy atom. The molecule has 0 aromatic carbocycles. The van der Waals surface area contributed by atoms with E-state index in [0.29, 0.717) is 0 Å². The molecule has 0 aromatic rings. The molecule has 36 valence electrons. The van der Waals surface area contributed by atoms with E-state index in [4.69, 9.17) is 0 Å². The predicted molar refractivity (Wildman–Crippen MR) is 29.2 cm³/mol. The molecule has 0 fully saturated rings. The molecule has 0 bridgehead atoms. The van der Waals surface area contributed by atoms with Gasteiger partial charge < -0.3 is 5.73 Å². The van der Waals surface area contributed by atoms with Crippen molar-refractivity contribution in [1.82, 2.24) is 0 Å². The van der Waals surface area contributed by atoms with Crippen LogP contribution in [0.3, 0.4) is 0 Å². The molecule has 0 rings (SSSR count). The van der Waals surface area contributed by atoms with Crippen LogP contribution < -0.4 is 5.73 Å². The maximum absolute atomic E-state index is 4.50. The smallest absolute Gasteiger partial charge is 0.00271 e. The fourth-order valence-corrected chi connectivity index (χ4v) is 0. The van der Waals surface area contributed by atoms with Crippen LogP contribution in [0.2, 0.25) is 0 Å². The van der Waals surface area contributed by atoms with Crippen molar-refractivity contribution in [3.05, 3.63) is 0 Å². The molecule has 0 amide bonds. The number of hydrogen-bond acceptors (Lipinski definition) is 1. The summed E-state index contributed by atoms with van der Waals surface area (Å²) in [7, 11) is 1.50. The lowest BCUT2D eigenvalue weighted by Crippen LogP contribution is -1.69. The maximum atomic E-state index is 4.50. The van der Waals surface area contributed by atoms with E-state index in [1.54, 1.807) is 0 Å². The highest BCUT2D eigenvalue weighted by Gasteiger charge is 1.26. The number of hydrogen-bond donors (Lipinski definition) is 1. The van der Waals surface area contributed by atoms with Gasteiger partial charge in [0.15, 0.2) is 0 Å². The highest BCUT2D eigenvalue weighted by atomic mass is 14.4. The fourth-order valence-electron chi connectivity index (χ4n) is 0. The van der Waals surface area contributed by atoms with Gasteiger partial charge in [-0.15, -0.1) is 11.8 Å². The molecule has 0 aliphatic carbocycles. The van der Waals surface area contributed by atoms with Gasteiger partial charge in [0.1, 0.15) is 0 Å². The van der Waals surface area contributed by atoms with Gasteiger partial charge in [-0.25, -0.2) is 0 Å². The van der Waals surface area contributed by atoms with Crippen LogP contribution in [0.1, 0.15) is 13.8 Å². The molecule has 2 N–H and O–H groups in total. The van der Waals surface area contributed by atoms with E-state index >= 15 is 0 Å². The zero-order valence-electron chi connectivity index (χ0n) is 4.58. The molecule has 0 saturated heterocycles. The van der Waals surface area contributed by atoms with E-state index < -0.39 is 0 Å². The quantitative estimate of drug-likeness (QED) is 0.428. The summed E-state index contributed by atoms with van der Waals surface area (Å²) in [4.78, 5) is 0. The first-order chi connectivity index (χ1) is 2.91. The van der Waals surface area contributed by atoms with Crippen LogP contribution in [0.15, 0.2) is 0 Å². The predicted octanol–water partition coefficient (Wildman–Crippen LogP) is 0.605. The van der Waals surface area contributed by atoms with E-state index in [0.717, 1.165) is 0 Å². The van der Waals surface area contributed by atoms with Gasteiger partial charge in [-0.05, 0) is 20.9 Å². The van der Waals surface area contributed by atoms with E-state index in [-0.39, 0.29) is 0 Å². The van der Waals surface area contributed by atoms with Crippen LogP contribution in [-0.4, -0.2) is 7.05 Å². The van der Waals surface area contributed by atoms with Crippen molar-refractivity contribution in [1.29, 1.82) is 0 Å². The Morgan fingerprint density at radius 2 is 1.17 bits per heavy atom. The summed E-state index contributed by atoms with van der Waals surface area (Å²) in [5, 5.41) is 0. The molecular formula is C5H11N. The molecule has 0 radical (unpaired) electrons. The summed E-state index contributed by atoms with van der Waals surface area (Å²) < 4.78 is 0. The van der Waals surface area contributed by atoms with Gasteiger partial charge in [-0.2, -0.15) is 0 Å². The second kappa shape index (κ2) is 24.2. The molecule has 0 spiro atoms. The molecule has 0 aliphatic heterocycles. The molecular weight excluding hydrogens is 74.1 g/mol. The largest absolute Gasteiger partial charge is 0.333 e. The molecule has 1 nitrogen and oxygen atoms in total. The topological polar surface area (TPSA) is 26.0 Å². The fraction of sp³-hybridized carbons (Fsp3) is 0.600. The molecule has 0 atom stereocenters. The van der Waals surface area contributed by atoms with Crippen molar-refractivity contribution < 1.29 is 0 Å². The SMILES string of the molecule is CC#CC.CN. The summed E-state index contributed by atoms with van der Waals surface area (Å²) >= 11 is 0. The highest BCUT2D eigenvalue weighted by molar-refractivity contribution is 4.89. The molecule has 6 heavy (non-hydrogen) atoms. The molecule has 0 saturated carbocycles. The number of nitrogens with two attached hydrogens (primary N) is 1. The molecule has 0 heterocycles. The van der Waals surface area contributed by atoms with Gasteiger partial charge in [0.05, 0.1) is 0 Å². The van der Waals surface area contributed by atoms with Crippen molar-refractivity contribution in [2.45, 2.75) is 13.8 Å². The first kappa shape index (κ1) is 9.10. The van der Waals surface area contributed by atoms with E-state index in [1.165, 1.54) is 7.05 Å². The number of rotatable bonds is 0. The summed E-state index contributed by atoms with van der Waals surface area (Å²) in [5.41, 5.74) is 4.50. The zero-order chi connectivity index (χ0) is 5.41. The molecule has 0 unspecified atom stereocenters. The average Bonchev–Trinajstić information content (AvgIpc) is 1.72. The first-order valence-corrected chi connectivity index (χ1v) is 1.83. The second-order valence-electron chi connectivity index (χ2n) is 0.500. The highest BCUT2D eigenvalue weighted by Crippen LogP contribution is 1.39. The van der Waals surface area contributed by atoms with Crippen LogP contribution in [0.4, 0.5) is 0 Å². The minimum absolute atomic E-state index is 1.50. The Hall–Kier alpha value is -0.480. The first-order valence-electron chi connectivity index (χ1n) is 1.83. The van der Waals surface area contributed by atoms with Crippen LogP contribution in [0, 0.1) is 11.8 Å². The van der Waals surface area contributed by atoms with Crippen molar-refractivity contribution in [3.8, 4) is 11.8 Å². The zero-order valence-corrected chi connectivity index (χ0v) is 4.58. The van der Waals surface area contributed by atoms with Gasteiger partial charge >= 0.3 is 0 Å². The van der Waals surface area contributed by atoms with E-state index in [1.807, 2.05) is 13.8 Å². The van der Waals surface area contributed by atoms with Gasteiger partial charge in [-0.3, -0.25) is 0 Å². The minimum Gasteiger partial charge on any atom is -0.333 e. The van der Waals surface area contributed by atoms with Gasteiger partial charge in [0.2, 0.25) is 0 Å². The molecule has 0 aromatic heterocycles. The van der Waals surface area contributed by atoms with Crippen LogP contribution >= 0.6 is 0 Å². The summed E-state index contributed by atoms with van der Waals surface area (Å²) in [5.74, 6) is 5.36. The lowest BCUT2D eigenvalue weighted by atomic mass is 10.7. The van der Waals surface area contributed by atoms with Crippen molar-refractivity contribution in [2.75, 3.05) is 7.05 Å². The summed E-state index contributed by atoms with van der Waals surface area (Å²) in [6, 6.07) is 0. The Morgan fingerprint density at radius 3 is 1.17 bits per heavy atom. The lowest BCUT2D eigenvalue weighted by molar-refractivity contribution is 1.48. The Balaban J connectivity index is 0. The summed E-state index contributed by atoms with van der Waals surface area (Å²) in [6.45, 7) is 3.64. The monoisotopic (exact) mass is 85.1 g/mol. The van der Waals surface area contributed by atoms with Crippen molar-refractivity contribution in [3.63, 3.8) is 0 Å². The lowest BCUT2D eigenvalue weighted by Gasteiger charge is -1.40. The molecule has 1 heteroatoms. The van der Waals surface area contributed by atoms with E-state index in [2.05, 4.69) is 17.6 Å². The van der Waals surface area contributed by atoms with Crippen LogP contribution in [-0.2, 0) is 0 Å². The second-order valence-corrected chi connectivity index (χ2v) is 0.500. The van der Waals surface area contributed by atoms with Crippen LogP contribution in [0.5, 0.6) is 0 Å². The Bertz CT molecular complexity index is 40.7. The average molecular weight is 85.2 g/mol. The van der Waals surface area contributed by atoms with Gasteiger partial charge in [-0.1, -0.05) is 0 Å². The van der Waals surface area contributed by atoms with E-state index in [9.17, 15) is 0 Å². The third-order valence-corrected chi connectivity index (χ3v) is 0.250. The Labute approximate surface area is 39.5 Å². The van der Waals surface area contributed by atoms with Gasteiger partial charge in [0, 0.05) is 0 Å². The van der Waals surface area contributed by atoms with Gasteiger partial charge in [0.25, 0.3) is 0 Å². The normalized spacial score (nSPS) is 3.33.